The van der Waals surface area contributed by atoms with Gasteiger partial charge in [0.2, 0.25) is 0 Å². The first-order chi connectivity index (χ1) is 7.98. The van der Waals surface area contributed by atoms with E-state index in [2.05, 4.69) is 19.2 Å². The predicted molar refractivity (Wildman–Crippen MR) is 75.5 cm³/mol. The summed E-state index contributed by atoms with van der Waals surface area (Å²) in [6.07, 6.45) is 4.95. The summed E-state index contributed by atoms with van der Waals surface area (Å²) in [5.41, 5.74) is 8.10. The highest BCUT2D eigenvalue weighted by Crippen LogP contribution is 2.37. The molecule has 94 valence electrons. The van der Waals surface area contributed by atoms with E-state index in [1.165, 1.54) is 25.7 Å². The molecular weight excluding hydrogens is 232 g/mol. The third-order valence-electron chi connectivity index (χ3n) is 3.75. The molecule has 17 heavy (non-hydrogen) atoms. The second-order valence-electron chi connectivity index (χ2n) is 5.78. The van der Waals surface area contributed by atoms with Crippen LogP contribution in [0.25, 0.3) is 0 Å². The Kier molecular flexibility index (Phi) is 3.53. The monoisotopic (exact) mass is 252 g/mol. The van der Waals surface area contributed by atoms with Crippen molar-refractivity contribution in [1.29, 1.82) is 0 Å². The van der Waals surface area contributed by atoms with Crippen molar-refractivity contribution in [2.24, 2.45) is 5.41 Å². The molecule has 3 heteroatoms. The van der Waals surface area contributed by atoms with Crippen LogP contribution in [0.2, 0.25) is 5.02 Å². The summed E-state index contributed by atoms with van der Waals surface area (Å²) in [6.45, 7) is 4.69. The van der Waals surface area contributed by atoms with Crippen LogP contribution in [0.5, 0.6) is 0 Å². The van der Waals surface area contributed by atoms with Gasteiger partial charge in [0.15, 0.2) is 0 Å². The van der Waals surface area contributed by atoms with Gasteiger partial charge in [-0.15, -0.1) is 0 Å². The zero-order valence-electron chi connectivity index (χ0n) is 10.6. The summed E-state index contributed by atoms with van der Waals surface area (Å²) in [5.74, 6) is 0. The van der Waals surface area contributed by atoms with Crippen LogP contribution in [0.3, 0.4) is 0 Å². The highest BCUT2D eigenvalue weighted by Gasteiger charge is 2.26. The van der Waals surface area contributed by atoms with Crippen molar-refractivity contribution in [2.75, 3.05) is 11.1 Å². The molecule has 2 rings (SSSR count). The average Bonchev–Trinajstić information content (AvgIpc) is 2.27. The fourth-order valence-corrected chi connectivity index (χ4v) is 2.60. The molecular formula is C14H21ClN2. The summed E-state index contributed by atoms with van der Waals surface area (Å²) < 4.78 is 0. The molecule has 0 amide bonds. The molecule has 0 unspecified atom stereocenters. The minimum Gasteiger partial charge on any atom is -0.396 e. The number of nitrogens with two attached hydrogens (primary N) is 1. The molecule has 1 fully saturated rings. The summed E-state index contributed by atoms with van der Waals surface area (Å²) in [4.78, 5) is 0. The van der Waals surface area contributed by atoms with Gasteiger partial charge in [-0.05, 0) is 43.2 Å². The molecule has 0 radical (unpaired) electrons. The van der Waals surface area contributed by atoms with Crippen LogP contribution in [0.4, 0.5) is 11.4 Å². The van der Waals surface area contributed by atoms with E-state index in [9.17, 15) is 0 Å². The van der Waals surface area contributed by atoms with Crippen LogP contribution in [-0.4, -0.2) is 6.04 Å². The second-order valence-corrected chi connectivity index (χ2v) is 6.19. The molecule has 0 spiro atoms. The minimum atomic E-state index is 0.498. The Labute approximate surface area is 109 Å². The summed E-state index contributed by atoms with van der Waals surface area (Å²) >= 11 is 6.01. The van der Waals surface area contributed by atoms with Crippen molar-refractivity contribution >= 4 is 23.0 Å². The van der Waals surface area contributed by atoms with Gasteiger partial charge in [-0.3, -0.25) is 0 Å². The van der Waals surface area contributed by atoms with E-state index in [1.807, 2.05) is 18.2 Å². The number of hydrogen-bond acceptors (Lipinski definition) is 2. The Bertz CT molecular complexity index is 391. The SMILES string of the molecule is CC1(C)CCC(Nc2cccc(Cl)c2N)CC1. The molecule has 2 nitrogen and oxygen atoms in total. The van der Waals surface area contributed by atoms with E-state index in [0.717, 1.165) is 5.69 Å². The smallest absolute Gasteiger partial charge is 0.0739 e. The second kappa shape index (κ2) is 4.77. The van der Waals surface area contributed by atoms with Crippen molar-refractivity contribution in [3.8, 4) is 0 Å². The van der Waals surface area contributed by atoms with Crippen molar-refractivity contribution < 1.29 is 0 Å². The van der Waals surface area contributed by atoms with Gasteiger partial charge in [0, 0.05) is 6.04 Å². The number of anilines is 2. The number of hydrogen-bond donors (Lipinski definition) is 2. The van der Waals surface area contributed by atoms with Crippen LogP contribution in [0, 0.1) is 5.41 Å². The Morgan fingerprint density at radius 3 is 2.59 bits per heavy atom. The maximum atomic E-state index is 6.01. The van der Waals surface area contributed by atoms with Gasteiger partial charge in [0.05, 0.1) is 16.4 Å². The van der Waals surface area contributed by atoms with E-state index in [0.29, 0.717) is 22.2 Å². The van der Waals surface area contributed by atoms with Crippen LogP contribution in [0.15, 0.2) is 18.2 Å². The minimum absolute atomic E-state index is 0.498. The summed E-state index contributed by atoms with van der Waals surface area (Å²) in [5, 5.41) is 4.15. The number of rotatable bonds is 2. The van der Waals surface area contributed by atoms with Crippen molar-refractivity contribution in [3.05, 3.63) is 23.2 Å². The first kappa shape index (κ1) is 12.6. The summed E-state index contributed by atoms with van der Waals surface area (Å²) in [7, 11) is 0. The van der Waals surface area contributed by atoms with E-state index in [-0.39, 0.29) is 0 Å². The van der Waals surface area contributed by atoms with Gasteiger partial charge in [0.1, 0.15) is 0 Å². The van der Waals surface area contributed by atoms with Gasteiger partial charge < -0.3 is 11.1 Å². The quantitative estimate of drug-likeness (QED) is 0.770. The summed E-state index contributed by atoms with van der Waals surface area (Å²) in [6, 6.07) is 6.30. The number of nitrogen functional groups attached to an aromatic ring is 1. The molecule has 0 saturated heterocycles. The van der Waals surface area contributed by atoms with E-state index in [4.69, 9.17) is 17.3 Å². The first-order valence-corrected chi connectivity index (χ1v) is 6.66. The molecule has 0 aliphatic heterocycles. The molecule has 1 aromatic carbocycles. The van der Waals surface area contributed by atoms with Gasteiger partial charge in [-0.1, -0.05) is 31.5 Å². The molecule has 1 aliphatic carbocycles. The molecule has 0 aromatic heterocycles. The number of benzene rings is 1. The molecule has 0 heterocycles. The lowest BCUT2D eigenvalue weighted by atomic mass is 9.75. The van der Waals surface area contributed by atoms with Crippen LogP contribution >= 0.6 is 11.6 Å². The zero-order chi connectivity index (χ0) is 12.5. The first-order valence-electron chi connectivity index (χ1n) is 6.28. The third kappa shape index (κ3) is 3.06. The van der Waals surface area contributed by atoms with Crippen molar-refractivity contribution in [1.82, 2.24) is 0 Å². The normalized spacial score (nSPS) is 20.2. The van der Waals surface area contributed by atoms with Gasteiger partial charge in [0.25, 0.3) is 0 Å². The zero-order valence-corrected chi connectivity index (χ0v) is 11.3. The van der Waals surface area contributed by atoms with E-state index < -0.39 is 0 Å². The Hall–Kier alpha value is -0.890. The molecule has 1 aliphatic rings. The predicted octanol–water partition coefficient (Wildman–Crippen LogP) is 4.30. The average molecular weight is 253 g/mol. The van der Waals surface area contributed by atoms with Crippen molar-refractivity contribution in [2.45, 2.75) is 45.6 Å². The fraction of sp³-hybridized carbons (Fsp3) is 0.571. The fourth-order valence-electron chi connectivity index (χ4n) is 2.43. The highest BCUT2D eigenvalue weighted by atomic mass is 35.5. The highest BCUT2D eigenvalue weighted by molar-refractivity contribution is 6.33. The molecule has 0 bridgehead atoms. The standard InChI is InChI=1S/C14H21ClN2/c1-14(2)8-6-10(7-9-14)17-12-5-3-4-11(15)13(12)16/h3-5,10,17H,6-9,16H2,1-2H3. The van der Waals surface area contributed by atoms with E-state index >= 15 is 0 Å². The Morgan fingerprint density at radius 1 is 1.29 bits per heavy atom. The topological polar surface area (TPSA) is 38.0 Å². The van der Waals surface area contributed by atoms with Crippen LogP contribution in [0.1, 0.15) is 39.5 Å². The van der Waals surface area contributed by atoms with Crippen LogP contribution in [-0.2, 0) is 0 Å². The van der Waals surface area contributed by atoms with Gasteiger partial charge >= 0.3 is 0 Å². The lowest BCUT2D eigenvalue weighted by Crippen LogP contribution is -2.30. The Balaban J connectivity index is 2.00. The molecule has 1 aromatic rings. The van der Waals surface area contributed by atoms with Crippen LogP contribution < -0.4 is 11.1 Å². The number of para-hydroxylation sites is 1. The van der Waals surface area contributed by atoms with Gasteiger partial charge in [-0.25, -0.2) is 0 Å². The van der Waals surface area contributed by atoms with E-state index in [1.54, 1.807) is 0 Å². The molecule has 1 saturated carbocycles. The maximum absolute atomic E-state index is 6.01. The lowest BCUT2D eigenvalue weighted by Gasteiger charge is -2.35. The Morgan fingerprint density at radius 2 is 1.94 bits per heavy atom. The number of halogens is 1. The molecule has 0 atom stereocenters. The molecule has 3 N–H and O–H groups in total. The number of nitrogens with one attached hydrogen (secondary N) is 1. The maximum Gasteiger partial charge on any atom is 0.0739 e. The largest absolute Gasteiger partial charge is 0.396 e. The lowest BCUT2D eigenvalue weighted by molar-refractivity contribution is 0.232. The van der Waals surface area contributed by atoms with Crippen molar-refractivity contribution in [3.63, 3.8) is 0 Å². The third-order valence-corrected chi connectivity index (χ3v) is 4.08. The van der Waals surface area contributed by atoms with Gasteiger partial charge in [-0.2, -0.15) is 0 Å².